The lowest BCUT2D eigenvalue weighted by Gasteiger charge is -2.23. The maximum absolute atomic E-state index is 5.86. The van der Waals surface area contributed by atoms with Crippen LogP contribution in [0.3, 0.4) is 0 Å². The molecule has 0 unspecified atom stereocenters. The number of rotatable bonds is 5. The van der Waals surface area contributed by atoms with Crippen molar-refractivity contribution in [2.24, 2.45) is 0 Å². The highest BCUT2D eigenvalue weighted by Crippen LogP contribution is 2.17. The van der Waals surface area contributed by atoms with Gasteiger partial charge < -0.3 is 14.8 Å². The van der Waals surface area contributed by atoms with Crippen molar-refractivity contribution < 1.29 is 9.47 Å². The van der Waals surface area contributed by atoms with Crippen molar-refractivity contribution >= 4 is 0 Å². The second kappa shape index (κ2) is 8.06. The molecule has 3 nitrogen and oxygen atoms in total. The molecule has 1 aliphatic carbocycles. The van der Waals surface area contributed by atoms with E-state index in [1.807, 2.05) is 0 Å². The molecule has 1 heterocycles. The molecule has 0 aromatic carbocycles. The fraction of sp³-hybridized carbons (Fsp3) is 1.00. The lowest BCUT2D eigenvalue weighted by molar-refractivity contribution is -0.0309. The number of ether oxygens (including phenoxy) is 2. The first-order chi connectivity index (χ1) is 8.45. The van der Waals surface area contributed by atoms with Crippen molar-refractivity contribution in [3.8, 4) is 0 Å². The Balaban J connectivity index is 1.49. The minimum atomic E-state index is 0.444. The van der Waals surface area contributed by atoms with Crippen molar-refractivity contribution in [1.82, 2.24) is 5.32 Å². The Bertz CT molecular complexity index is 185. The highest BCUT2D eigenvalue weighted by molar-refractivity contribution is 4.70. The summed E-state index contributed by atoms with van der Waals surface area (Å²) in [5.74, 6) is 0. The Kier molecular flexibility index (Phi) is 6.32. The molecule has 1 aliphatic heterocycles. The van der Waals surface area contributed by atoms with Gasteiger partial charge in [-0.15, -0.1) is 0 Å². The molecule has 1 N–H and O–H groups in total. The summed E-state index contributed by atoms with van der Waals surface area (Å²) < 4.78 is 11.2. The minimum Gasteiger partial charge on any atom is -0.381 e. The van der Waals surface area contributed by atoms with E-state index in [-0.39, 0.29) is 0 Å². The van der Waals surface area contributed by atoms with E-state index in [2.05, 4.69) is 5.32 Å². The average Bonchev–Trinajstić information content (AvgIpc) is 2.65. The fourth-order valence-corrected chi connectivity index (χ4v) is 2.81. The molecule has 2 rings (SSSR count). The minimum absolute atomic E-state index is 0.444. The Labute approximate surface area is 105 Å². The van der Waals surface area contributed by atoms with E-state index in [0.29, 0.717) is 6.10 Å². The molecule has 100 valence electrons. The molecule has 2 aliphatic rings. The summed E-state index contributed by atoms with van der Waals surface area (Å²) in [6, 6.07) is 0.746. The molecule has 0 spiro atoms. The Morgan fingerprint density at radius 1 is 0.941 bits per heavy atom. The average molecular weight is 241 g/mol. The van der Waals surface area contributed by atoms with Gasteiger partial charge in [0.05, 0.1) is 12.7 Å². The smallest absolute Gasteiger partial charge is 0.0619 e. The lowest BCUT2D eigenvalue weighted by atomic mass is 10.1. The molecule has 0 amide bonds. The van der Waals surface area contributed by atoms with Crippen LogP contribution in [0.2, 0.25) is 0 Å². The second-order valence-corrected chi connectivity index (χ2v) is 5.33. The van der Waals surface area contributed by atoms with Crippen molar-refractivity contribution in [2.45, 2.75) is 63.5 Å². The van der Waals surface area contributed by atoms with Gasteiger partial charge in [0.15, 0.2) is 0 Å². The van der Waals surface area contributed by atoms with E-state index in [9.17, 15) is 0 Å². The molecular weight excluding hydrogens is 214 g/mol. The number of hydrogen-bond acceptors (Lipinski definition) is 3. The predicted molar refractivity (Wildman–Crippen MR) is 69.3 cm³/mol. The third-order valence-electron chi connectivity index (χ3n) is 3.91. The van der Waals surface area contributed by atoms with Crippen molar-refractivity contribution in [2.75, 3.05) is 26.4 Å². The molecule has 1 saturated heterocycles. The molecule has 0 radical (unpaired) electrons. The van der Waals surface area contributed by atoms with Gasteiger partial charge in [-0.3, -0.25) is 0 Å². The van der Waals surface area contributed by atoms with Gasteiger partial charge in [0.1, 0.15) is 0 Å². The van der Waals surface area contributed by atoms with Gasteiger partial charge in [-0.05, 0) is 25.7 Å². The van der Waals surface area contributed by atoms with Crippen LogP contribution >= 0.6 is 0 Å². The Morgan fingerprint density at radius 3 is 2.35 bits per heavy atom. The molecule has 3 heteroatoms. The van der Waals surface area contributed by atoms with Crippen molar-refractivity contribution in [1.29, 1.82) is 0 Å². The van der Waals surface area contributed by atoms with E-state index in [1.165, 1.54) is 38.5 Å². The fourth-order valence-electron chi connectivity index (χ4n) is 2.81. The van der Waals surface area contributed by atoms with Crippen molar-refractivity contribution in [3.05, 3.63) is 0 Å². The number of nitrogens with one attached hydrogen (secondary N) is 1. The van der Waals surface area contributed by atoms with Gasteiger partial charge >= 0.3 is 0 Å². The van der Waals surface area contributed by atoms with Gasteiger partial charge in [-0.2, -0.15) is 0 Å². The normalized spacial score (nSPS) is 24.7. The van der Waals surface area contributed by atoms with E-state index < -0.39 is 0 Å². The largest absolute Gasteiger partial charge is 0.381 e. The SMILES string of the molecule is C1CCCC(NCCOC2CCOCC2)CC1. The van der Waals surface area contributed by atoms with Gasteiger partial charge in [0.25, 0.3) is 0 Å². The summed E-state index contributed by atoms with van der Waals surface area (Å²) in [6.07, 6.45) is 11.0. The molecular formula is C14H27NO2. The van der Waals surface area contributed by atoms with Crippen molar-refractivity contribution in [3.63, 3.8) is 0 Å². The highest BCUT2D eigenvalue weighted by atomic mass is 16.5. The lowest BCUT2D eigenvalue weighted by Crippen LogP contribution is -2.33. The molecule has 0 atom stereocenters. The van der Waals surface area contributed by atoms with Crippen LogP contribution in [0.1, 0.15) is 51.4 Å². The van der Waals surface area contributed by atoms with Crippen LogP contribution in [0.5, 0.6) is 0 Å². The summed E-state index contributed by atoms with van der Waals surface area (Å²) in [5.41, 5.74) is 0. The molecule has 17 heavy (non-hydrogen) atoms. The Morgan fingerprint density at radius 2 is 1.65 bits per heavy atom. The molecule has 0 bridgehead atoms. The zero-order chi connectivity index (χ0) is 11.8. The van der Waals surface area contributed by atoms with Gasteiger partial charge in [0.2, 0.25) is 0 Å². The molecule has 2 fully saturated rings. The second-order valence-electron chi connectivity index (χ2n) is 5.33. The van der Waals surface area contributed by atoms with Crippen LogP contribution in [0.15, 0.2) is 0 Å². The van der Waals surface area contributed by atoms with Crippen LogP contribution in [0.4, 0.5) is 0 Å². The molecule has 1 saturated carbocycles. The Hall–Kier alpha value is -0.120. The molecule has 0 aromatic rings. The first kappa shape index (κ1) is 13.3. The first-order valence-electron chi connectivity index (χ1n) is 7.38. The van der Waals surface area contributed by atoms with E-state index >= 15 is 0 Å². The van der Waals surface area contributed by atoms with Gasteiger partial charge in [-0.25, -0.2) is 0 Å². The summed E-state index contributed by atoms with van der Waals surface area (Å²) in [7, 11) is 0. The standard InChI is InChI=1S/C14H27NO2/c1-2-4-6-13(5-3-1)15-9-12-17-14-7-10-16-11-8-14/h13-15H,1-12H2. The summed E-state index contributed by atoms with van der Waals surface area (Å²) in [4.78, 5) is 0. The topological polar surface area (TPSA) is 30.5 Å². The summed E-state index contributed by atoms with van der Waals surface area (Å²) in [6.45, 7) is 3.63. The highest BCUT2D eigenvalue weighted by Gasteiger charge is 2.14. The van der Waals surface area contributed by atoms with Gasteiger partial charge in [-0.1, -0.05) is 25.7 Å². The van der Waals surface area contributed by atoms with Gasteiger partial charge in [0, 0.05) is 25.8 Å². The quantitative estimate of drug-likeness (QED) is 0.592. The van der Waals surface area contributed by atoms with Crippen LogP contribution in [-0.4, -0.2) is 38.5 Å². The third-order valence-corrected chi connectivity index (χ3v) is 3.91. The zero-order valence-electron chi connectivity index (χ0n) is 11.0. The maximum Gasteiger partial charge on any atom is 0.0619 e. The summed E-state index contributed by atoms with van der Waals surface area (Å²) in [5, 5.41) is 3.64. The first-order valence-corrected chi connectivity index (χ1v) is 7.38. The van der Waals surface area contributed by atoms with Crippen LogP contribution < -0.4 is 5.32 Å². The third kappa shape index (κ3) is 5.36. The summed E-state index contributed by atoms with van der Waals surface area (Å²) >= 11 is 0. The molecule has 0 aromatic heterocycles. The van der Waals surface area contributed by atoms with E-state index in [0.717, 1.165) is 45.2 Å². The van der Waals surface area contributed by atoms with Crippen LogP contribution in [0, 0.1) is 0 Å². The van der Waals surface area contributed by atoms with E-state index in [4.69, 9.17) is 9.47 Å². The zero-order valence-corrected chi connectivity index (χ0v) is 11.0. The van der Waals surface area contributed by atoms with E-state index in [1.54, 1.807) is 0 Å². The predicted octanol–water partition coefficient (Wildman–Crippen LogP) is 2.49. The number of hydrogen-bond donors (Lipinski definition) is 1. The maximum atomic E-state index is 5.86. The van der Waals surface area contributed by atoms with Crippen LogP contribution in [0.25, 0.3) is 0 Å². The monoisotopic (exact) mass is 241 g/mol. The van der Waals surface area contributed by atoms with Crippen LogP contribution in [-0.2, 0) is 9.47 Å².